The summed E-state index contributed by atoms with van der Waals surface area (Å²) in [6.45, 7) is 9.88. The van der Waals surface area contributed by atoms with Crippen LogP contribution in [0.25, 0.3) is 11.0 Å². The van der Waals surface area contributed by atoms with E-state index in [2.05, 4.69) is 24.1 Å². The van der Waals surface area contributed by atoms with Crippen molar-refractivity contribution in [3.63, 3.8) is 0 Å². The number of para-hydroxylation sites is 2. The lowest BCUT2D eigenvalue weighted by atomic mass is 9.92. The van der Waals surface area contributed by atoms with Crippen molar-refractivity contribution in [2.24, 2.45) is 11.8 Å². The van der Waals surface area contributed by atoms with Gasteiger partial charge in [0, 0.05) is 64.2 Å². The van der Waals surface area contributed by atoms with Crippen molar-refractivity contribution < 1.29 is 14.3 Å². The molecule has 0 aliphatic carbocycles. The number of nitrogens with zero attached hydrogens (tertiary/aromatic N) is 6. The molecule has 0 saturated carbocycles. The fourth-order valence-corrected chi connectivity index (χ4v) is 5.41. The summed E-state index contributed by atoms with van der Waals surface area (Å²) in [6, 6.07) is 7.80. The predicted octanol–water partition coefficient (Wildman–Crippen LogP) is 1.87. The zero-order chi connectivity index (χ0) is 25.8. The Balaban J connectivity index is 1.40. The van der Waals surface area contributed by atoms with Crippen LogP contribution in [0.15, 0.2) is 43.0 Å². The van der Waals surface area contributed by atoms with Crippen LogP contribution >= 0.6 is 0 Å². The summed E-state index contributed by atoms with van der Waals surface area (Å²) in [5.41, 5.74) is 1.75. The predicted molar refractivity (Wildman–Crippen MR) is 140 cm³/mol. The summed E-state index contributed by atoms with van der Waals surface area (Å²) >= 11 is 0. The minimum atomic E-state index is -0.153. The highest BCUT2D eigenvalue weighted by Gasteiger charge is 2.36. The van der Waals surface area contributed by atoms with E-state index in [1.54, 1.807) is 12.5 Å². The van der Waals surface area contributed by atoms with Gasteiger partial charge in [0.2, 0.25) is 5.91 Å². The minimum absolute atomic E-state index is 0.0817. The summed E-state index contributed by atoms with van der Waals surface area (Å²) in [4.78, 5) is 40.2. The van der Waals surface area contributed by atoms with Crippen molar-refractivity contribution in [3.8, 4) is 0 Å². The second kappa shape index (κ2) is 11.4. The molecular weight excluding hydrogens is 470 g/mol. The highest BCUT2D eigenvalue weighted by atomic mass is 16.5. The summed E-state index contributed by atoms with van der Waals surface area (Å²) in [5.74, 6) is 0.651. The Labute approximate surface area is 217 Å². The molecule has 10 heteroatoms. The molecule has 2 saturated heterocycles. The monoisotopic (exact) mass is 507 g/mol. The van der Waals surface area contributed by atoms with Gasteiger partial charge in [0.15, 0.2) is 5.82 Å². The molecule has 5 rings (SSSR count). The van der Waals surface area contributed by atoms with Gasteiger partial charge in [0.25, 0.3) is 5.91 Å². The van der Waals surface area contributed by atoms with E-state index >= 15 is 0 Å². The van der Waals surface area contributed by atoms with Gasteiger partial charge in [-0.05, 0) is 24.5 Å². The first kappa shape index (κ1) is 25.4. The van der Waals surface area contributed by atoms with Gasteiger partial charge in [-0.1, -0.05) is 26.0 Å². The highest BCUT2D eigenvalue weighted by Crippen LogP contribution is 2.24. The number of aromatic nitrogens is 4. The molecule has 2 fully saturated rings. The molecular formula is C27H37N7O3. The van der Waals surface area contributed by atoms with Crippen LogP contribution in [0, 0.1) is 11.8 Å². The number of hydrogen-bond acceptors (Lipinski definition) is 6. The number of hydrogen-bond donors (Lipinski definition) is 1. The smallest absolute Gasteiger partial charge is 0.290 e. The van der Waals surface area contributed by atoms with E-state index in [9.17, 15) is 9.59 Å². The molecule has 4 heterocycles. The van der Waals surface area contributed by atoms with Crippen LogP contribution in [0.3, 0.4) is 0 Å². The summed E-state index contributed by atoms with van der Waals surface area (Å²) in [5, 5.41) is 3.44. The summed E-state index contributed by atoms with van der Waals surface area (Å²) in [6.07, 6.45) is 6.11. The molecule has 0 bridgehead atoms. The lowest BCUT2D eigenvalue weighted by molar-refractivity contribution is -0.140. The van der Waals surface area contributed by atoms with Crippen LogP contribution in [0.4, 0.5) is 0 Å². The van der Waals surface area contributed by atoms with Crippen molar-refractivity contribution >= 4 is 22.8 Å². The maximum absolute atomic E-state index is 14.2. The first-order valence-corrected chi connectivity index (χ1v) is 13.3. The lowest BCUT2D eigenvalue weighted by Crippen LogP contribution is -2.56. The molecule has 2 aliphatic rings. The number of amides is 2. The van der Waals surface area contributed by atoms with Gasteiger partial charge in [-0.3, -0.25) is 9.59 Å². The zero-order valence-electron chi connectivity index (χ0n) is 21.8. The van der Waals surface area contributed by atoms with Gasteiger partial charge in [-0.15, -0.1) is 0 Å². The number of carbonyl (C=O) groups excluding carboxylic acids is 2. The normalized spacial score (nSPS) is 20.5. The van der Waals surface area contributed by atoms with Crippen LogP contribution in [-0.2, 0) is 22.6 Å². The number of imidazole rings is 2. The molecule has 2 amide bonds. The van der Waals surface area contributed by atoms with Crippen LogP contribution in [0.5, 0.6) is 0 Å². The maximum Gasteiger partial charge on any atom is 0.290 e. The Kier molecular flexibility index (Phi) is 7.85. The van der Waals surface area contributed by atoms with Gasteiger partial charge in [-0.25, -0.2) is 9.97 Å². The maximum atomic E-state index is 14.2. The fraction of sp³-hybridized carbons (Fsp3) is 0.556. The Morgan fingerprint density at radius 3 is 2.73 bits per heavy atom. The van der Waals surface area contributed by atoms with E-state index in [1.165, 1.54) is 0 Å². The Morgan fingerprint density at radius 2 is 1.97 bits per heavy atom. The zero-order valence-corrected chi connectivity index (χ0v) is 21.8. The lowest BCUT2D eigenvalue weighted by Gasteiger charge is -2.40. The van der Waals surface area contributed by atoms with Gasteiger partial charge in [0.1, 0.15) is 0 Å². The molecule has 3 aromatic rings. The number of rotatable bonds is 8. The average molecular weight is 508 g/mol. The number of fused-ring (bicyclic) bond motifs is 1. The van der Waals surface area contributed by atoms with Gasteiger partial charge in [-0.2, -0.15) is 0 Å². The van der Waals surface area contributed by atoms with Crippen LogP contribution < -0.4 is 5.32 Å². The molecule has 0 unspecified atom stereocenters. The number of ether oxygens (including phenoxy) is 1. The van der Waals surface area contributed by atoms with Gasteiger partial charge >= 0.3 is 0 Å². The number of piperidine rings is 1. The van der Waals surface area contributed by atoms with Crippen LogP contribution in [-0.4, -0.2) is 92.7 Å². The van der Waals surface area contributed by atoms with Crippen molar-refractivity contribution in [1.82, 2.24) is 34.2 Å². The van der Waals surface area contributed by atoms with Crippen LogP contribution in [0.1, 0.15) is 30.9 Å². The third-order valence-corrected chi connectivity index (χ3v) is 7.25. The molecule has 1 N–H and O–H groups in total. The van der Waals surface area contributed by atoms with E-state index in [0.717, 1.165) is 11.0 Å². The number of morpholine rings is 1. The summed E-state index contributed by atoms with van der Waals surface area (Å²) in [7, 11) is 0. The van der Waals surface area contributed by atoms with Crippen molar-refractivity contribution in [2.45, 2.75) is 39.4 Å². The van der Waals surface area contributed by atoms with Crippen molar-refractivity contribution in [1.29, 1.82) is 0 Å². The first-order valence-electron chi connectivity index (χ1n) is 13.3. The molecule has 1 aromatic carbocycles. The quantitative estimate of drug-likeness (QED) is 0.500. The molecule has 2 atom stereocenters. The minimum Gasteiger partial charge on any atom is -0.378 e. The van der Waals surface area contributed by atoms with Gasteiger partial charge < -0.3 is 29.0 Å². The van der Waals surface area contributed by atoms with Crippen molar-refractivity contribution in [3.05, 3.63) is 48.8 Å². The van der Waals surface area contributed by atoms with E-state index < -0.39 is 0 Å². The van der Waals surface area contributed by atoms with E-state index in [1.807, 2.05) is 49.4 Å². The molecule has 2 aliphatic heterocycles. The largest absolute Gasteiger partial charge is 0.378 e. The average Bonchev–Trinajstić information content (AvgIpc) is 3.58. The third-order valence-electron chi connectivity index (χ3n) is 7.25. The number of nitrogens with one attached hydrogen (secondary N) is 1. The molecule has 198 valence electrons. The molecule has 0 spiro atoms. The summed E-state index contributed by atoms with van der Waals surface area (Å²) < 4.78 is 9.45. The SMILES string of the molecule is CC(C)CN(C(=O)c1nc2ccccc2n1CCn1ccnc1)[C@@H]1CNC[C@H](C(=O)N2CCOCC2)C1. The second-order valence-electron chi connectivity index (χ2n) is 10.4. The molecule has 10 nitrogen and oxygen atoms in total. The fourth-order valence-electron chi connectivity index (χ4n) is 5.41. The van der Waals surface area contributed by atoms with E-state index in [4.69, 9.17) is 9.72 Å². The topological polar surface area (TPSA) is 97.5 Å². The number of benzene rings is 1. The van der Waals surface area contributed by atoms with Crippen LogP contribution in [0.2, 0.25) is 0 Å². The molecule has 0 radical (unpaired) electrons. The van der Waals surface area contributed by atoms with Crippen molar-refractivity contribution in [2.75, 3.05) is 45.9 Å². The Bertz CT molecular complexity index is 1200. The number of aryl methyl sites for hydroxylation is 2. The number of carbonyl (C=O) groups is 2. The van der Waals surface area contributed by atoms with E-state index in [-0.39, 0.29) is 29.7 Å². The molecule has 37 heavy (non-hydrogen) atoms. The standard InChI is InChI=1S/C27H37N7O3/c1-20(2)18-34(22-15-21(16-29-17-22)26(35)32-11-13-37-14-12-32)27(36)25-30-23-5-3-4-6-24(23)33(25)10-9-31-8-7-28-19-31/h3-8,19-22,29H,9-18H2,1-2H3/t21-,22+/m1/s1. The first-order chi connectivity index (χ1) is 18.0. The molecule has 2 aromatic heterocycles. The Hall–Kier alpha value is -3.24. The van der Waals surface area contributed by atoms with E-state index in [0.29, 0.717) is 71.3 Å². The highest BCUT2D eigenvalue weighted by molar-refractivity contribution is 5.95. The third kappa shape index (κ3) is 5.70. The van der Waals surface area contributed by atoms with Gasteiger partial charge in [0.05, 0.1) is 36.5 Å². The second-order valence-corrected chi connectivity index (χ2v) is 10.4. The Morgan fingerprint density at radius 1 is 1.16 bits per heavy atom.